The van der Waals surface area contributed by atoms with E-state index in [2.05, 4.69) is 10.3 Å². The van der Waals surface area contributed by atoms with E-state index in [1.54, 1.807) is 29.5 Å². The summed E-state index contributed by atoms with van der Waals surface area (Å²) >= 11 is 14.9. The van der Waals surface area contributed by atoms with Crippen LogP contribution >= 0.6 is 45.9 Å². The Balaban J connectivity index is 1.78. The molecule has 0 aliphatic carbocycles. The van der Waals surface area contributed by atoms with Crippen LogP contribution < -0.4 is 5.32 Å². The molecule has 0 spiro atoms. The molecule has 0 bridgehead atoms. The van der Waals surface area contributed by atoms with E-state index in [1.807, 2.05) is 17.5 Å². The molecule has 1 aromatic carbocycles. The molecule has 0 radical (unpaired) electrons. The highest BCUT2D eigenvalue weighted by Crippen LogP contribution is 2.33. The quantitative estimate of drug-likeness (QED) is 0.647. The van der Waals surface area contributed by atoms with Gasteiger partial charge in [0.1, 0.15) is 5.52 Å². The third-order valence-electron chi connectivity index (χ3n) is 2.59. The first-order valence-corrected chi connectivity index (χ1v) is 8.35. The molecule has 2 aromatic heterocycles. The number of carbonyl (C=O) groups is 1. The number of nitrogens with zero attached hydrogens (tertiary/aromatic N) is 1. The first kappa shape index (κ1) is 14.5. The SMILES string of the molecule is O=C(C=Cc1cccs1)Nc1nc2c(Cl)cc(Cl)cc2s1. The Bertz CT molecular complexity index is 825. The number of anilines is 1. The van der Waals surface area contributed by atoms with Crippen molar-refractivity contribution in [1.82, 2.24) is 4.98 Å². The maximum atomic E-state index is 11.9. The zero-order chi connectivity index (χ0) is 14.8. The van der Waals surface area contributed by atoms with E-state index in [9.17, 15) is 4.79 Å². The van der Waals surface area contributed by atoms with Crippen molar-refractivity contribution in [2.45, 2.75) is 0 Å². The van der Waals surface area contributed by atoms with Gasteiger partial charge in [-0.2, -0.15) is 0 Å². The first-order valence-electron chi connectivity index (χ1n) is 5.90. The third-order valence-corrected chi connectivity index (χ3v) is 4.85. The minimum atomic E-state index is -0.232. The molecule has 2 heterocycles. The first-order chi connectivity index (χ1) is 10.1. The summed E-state index contributed by atoms with van der Waals surface area (Å²) in [5.74, 6) is -0.232. The van der Waals surface area contributed by atoms with Crippen LogP contribution in [-0.4, -0.2) is 10.9 Å². The highest BCUT2D eigenvalue weighted by atomic mass is 35.5. The number of halogens is 2. The lowest BCUT2D eigenvalue weighted by Crippen LogP contribution is -2.06. The Kier molecular flexibility index (Phi) is 4.26. The predicted molar refractivity (Wildman–Crippen MR) is 91.6 cm³/mol. The van der Waals surface area contributed by atoms with Gasteiger partial charge in [-0.15, -0.1) is 11.3 Å². The molecule has 106 valence electrons. The average Bonchev–Trinajstić information content (AvgIpc) is 3.05. The zero-order valence-electron chi connectivity index (χ0n) is 10.5. The maximum Gasteiger partial charge on any atom is 0.250 e. The Morgan fingerprint density at radius 1 is 1.33 bits per heavy atom. The molecule has 0 unspecified atom stereocenters. The molecular formula is C14H8Cl2N2OS2. The van der Waals surface area contributed by atoms with Gasteiger partial charge >= 0.3 is 0 Å². The fourth-order valence-corrected chi connectivity index (χ4v) is 3.91. The van der Waals surface area contributed by atoms with Gasteiger partial charge in [-0.3, -0.25) is 10.1 Å². The van der Waals surface area contributed by atoms with Crippen molar-refractivity contribution in [2.24, 2.45) is 0 Å². The van der Waals surface area contributed by atoms with E-state index in [1.165, 1.54) is 17.4 Å². The molecule has 0 aliphatic heterocycles. The van der Waals surface area contributed by atoms with E-state index >= 15 is 0 Å². The van der Waals surface area contributed by atoms with Crippen LogP contribution in [0.3, 0.4) is 0 Å². The lowest BCUT2D eigenvalue weighted by molar-refractivity contribution is -0.111. The largest absolute Gasteiger partial charge is 0.298 e. The number of carbonyl (C=O) groups excluding carboxylic acids is 1. The molecule has 0 atom stereocenters. The van der Waals surface area contributed by atoms with Gasteiger partial charge in [-0.1, -0.05) is 40.6 Å². The Hall–Kier alpha value is -1.40. The molecule has 7 heteroatoms. The minimum absolute atomic E-state index is 0.232. The lowest BCUT2D eigenvalue weighted by Gasteiger charge is -1.94. The Labute approximate surface area is 138 Å². The van der Waals surface area contributed by atoms with Crippen molar-refractivity contribution in [3.05, 3.63) is 50.6 Å². The molecule has 0 fully saturated rings. The molecule has 3 nitrogen and oxygen atoms in total. The van der Waals surface area contributed by atoms with E-state index in [-0.39, 0.29) is 5.91 Å². The van der Waals surface area contributed by atoms with Crippen LogP contribution in [0.25, 0.3) is 16.3 Å². The van der Waals surface area contributed by atoms with Gasteiger partial charge in [-0.05, 0) is 29.7 Å². The number of benzene rings is 1. The van der Waals surface area contributed by atoms with Crippen LogP contribution in [-0.2, 0) is 4.79 Å². The summed E-state index contributed by atoms with van der Waals surface area (Å²) in [5, 5.41) is 6.20. The fourth-order valence-electron chi connectivity index (χ4n) is 1.70. The van der Waals surface area contributed by atoms with Gasteiger partial charge in [0.2, 0.25) is 5.91 Å². The van der Waals surface area contributed by atoms with Crippen molar-refractivity contribution in [1.29, 1.82) is 0 Å². The summed E-state index contributed by atoms with van der Waals surface area (Å²) in [4.78, 5) is 17.2. The number of nitrogens with one attached hydrogen (secondary N) is 1. The summed E-state index contributed by atoms with van der Waals surface area (Å²) in [6, 6.07) is 7.28. The molecular weight excluding hydrogens is 347 g/mol. The second-order valence-electron chi connectivity index (χ2n) is 4.09. The van der Waals surface area contributed by atoms with Crippen molar-refractivity contribution in [3.63, 3.8) is 0 Å². The number of rotatable bonds is 3. The monoisotopic (exact) mass is 354 g/mol. The molecule has 0 aliphatic rings. The second kappa shape index (κ2) is 6.15. The van der Waals surface area contributed by atoms with Crippen LogP contribution in [0, 0.1) is 0 Å². The molecule has 3 aromatic rings. The van der Waals surface area contributed by atoms with Crippen LogP contribution in [0.15, 0.2) is 35.7 Å². The lowest BCUT2D eigenvalue weighted by atomic mass is 10.3. The number of fused-ring (bicyclic) bond motifs is 1. The Morgan fingerprint density at radius 2 is 2.19 bits per heavy atom. The van der Waals surface area contributed by atoms with E-state index < -0.39 is 0 Å². The number of amides is 1. The third kappa shape index (κ3) is 3.44. The number of hydrogen-bond acceptors (Lipinski definition) is 4. The maximum absolute atomic E-state index is 11.9. The number of thiazole rings is 1. The van der Waals surface area contributed by atoms with Crippen LogP contribution in [0.5, 0.6) is 0 Å². The van der Waals surface area contributed by atoms with Gasteiger partial charge < -0.3 is 0 Å². The molecule has 1 N–H and O–H groups in total. The van der Waals surface area contributed by atoms with Crippen molar-refractivity contribution in [2.75, 3.05) is 5.32 Å². The fraction of sp³-hybridized carbons (Fsp3) is 0. The number of hydrogen-bond donors (Lipinski definition) is 1. The van der Waals surface area contributed by atoms with Crippen molar-refractivity contribution < 1.29 is 4.79 Å². The van der Waals surface area contributed by atoms with Gasteiger partial charge in [0.25, 0.3) is 0 Å². The standard InChI is InChI=1S/C14H8Cl2N2OS2/c15-8-6-10(16)13-11(7-8)21-14(18-13)17-12(19)4-3-9-2-1-5-20-9/h1-7H,(H,17,18,19). The van der Waals surface area contributed by atoms with Crippen LogP contribution in [0.2, 0.25) is 10.0 Å². The van der Waals surface area contributed by atoms with Crippen molar-refractivity contribution >= 4 is 73.2 Å². The summed E-state index contributed by atoms with van der Waals surface area (Å²) in [6.45, 7) is 0. The summed E-state index contributed by atoms with van der Waals surface area (Å²) in [5.41, 5.74) is 0.642. The van der Waals surface area contributed by atoms with Crippen LogP contribution in [0.4, 0.5) is 5.13 Å². The van der Waals surface area contributed by atoms with Gasteiger partial charge in [0.05, 0.1) is 9.72 Å². The Morgan fingerprint density at radius 3 is 2.95 bits per heavy atom. The summed E-state index contributed by atoms with van der Waals surface area (Å²) in [7, 11) is 0. The van der Waals surface area contributed by atoms with Crippen LogP contribution in [0.1, 0.15) is 4.88 Å². The second-order valence-corrected chi connectivity index (χ2v) is 6.94. The smallest absolute Gasteiger partial charge is 0.250 e. The van der Waals surface area contributed by atoms with E-state index in [4.69, 9.17) is 23.2 Å². The normalized spacial score (nSPS) is 11.3. The van der Waals surface area contributed by atoms with Crippen molar-refractivity contribution in [3.8, 4) is 0 Å². The molecule has 1 amide bonds. The summed E-state index contributed by atoms with van der Waals surface area (Å²) in [6.07, 6.45) is 3.24. The van der Waals surface area contributed by atoms with E-state index in [0.717, 1.165) is 9.58 Å². The van der Waals surface area contributed by atoms with Gasteiger partial charge in [0, 0.05) is 16.0 Å². The highest BCUT2D eigenvalue weighted by molar-refractivity contribution is 7.22. The minimum Gasteiger partial charge on any atom is -0.298 e. The molecule has 21 heavy (non-hydrogen) atoms. The topological polar surface area (TPSA) is 42.0 Å². The predicted octanol–water partition coefficient (Wildman–Crippen LogP) is 5.32. The zero-order valence-corrected chi connectivity index (χ0v) is 13.6. The highest BCUT2D eigenvalue weighted by Gasteiger charge is 2.10. The van der Waals surface area contributed by atoms with Gasteiger partial charge in [-0.25, -0.2) is 4.98 Å². The number of aromatic nitrogens is 1. The molecule has 0 saturated heterocycles. The van der Waals surface area contributed by atoms with E-state index in [0.29, 0.717) is 20.7 Å². The summed E-state index contributed by atoms with van der Waals surface area (Å²) < 4.78 is 0.838. The number of thiophene rings is 1. The average molecular weight is 355 g/mol. The molecule has 0 saturated carbocycles. The van der Waals surface area contributed by atoms with Gasteiger partial charge in [0.15, 0.2) is 5.13 Å². The molecule has 3 rings (SSSR count).